The summed E-state index contributed by atoms with van der Waals surface area (Å²) in [5.74, 6) is 1.61. The third-order valence-electron chi connectivity index (χ3n) is 11.7. The van der Waals surface area contributed by atoms with Crippen molar-refractivity contribution >= 4 is 27.7 Å². The van der Waals surface area contributed by atoms with Gasteiger partial charge in [-0.2, -0.15) is 0 Å². The van der Waals surface area contributed by atoms with E-state index in [0.29, 0.717) is 5.92 Å². The van der Waals surface area contributed by atoms with Crippen LogP contribution in [-0.4, -0.2) is 15.9 Å². The van der Waals surface area contributed by atoms with Gasteiger partial charge in [0.15, 0.2) is 5.78 Å². The summed E-state index contributed by atoms with van der Waals surface area (Å²) in [5, 5.41) is 12.3. The van der Waals surface area contributed by atoms with E-state index in [1.807, 2.05) is 78.1 Å². The van der Waals surface area contributed by atoms with Gasteiger partial charge in [-0.25, -0.2) is 0 Å². The van der Waals surface area contributed by atoms with Gasteiger partial charge in [0.2, 0.25) is 0 Å². The molecule has 7 rings (SSSR count). The fourth-order valence-electron chi connectivity index (χ4n) is 7.29. The topological polar surface area (TPSA) is 72.6 Å². The monoisotopic (exact) mass is 835 g/mol. The van der Waals surface area contributed by atoms with E-state index in [4.69, 9.17) is 14.1 Å². The Bertz CT molecular complexity index is 2010. The number of hydrogen-bond donors (Lipinski definition) is 1. The normalized spacial score (nSPS) is 17.8. The zero-order valence-electron chi connectivity index (χ0n) is 29.9. The van der Waals surface area contributed by atoms with Gasteiger partial charge in [-0.15, -0.1) is 29.3 Å². The van der Waals surface area contributed by atoms with Crippen molar-refractivity contribution in [3.8, 4) is 17.0 Å². The number of aliphatic hydroxyl groups is 1. The summed E-state index contributed by atoms with van der Waals surface area (Å²) in [4.78, 5) is 16.9. The number of nitrogens with zero attached hydrogens (tertiary/aromatic N) is 1. The second-order valence-corrected chi connectivity index (χ2v) is 14.6. The van der Waals surface area contributed by atoms with Crippen LogP contribution in [0.3, 0.4) is 0 Å². The number of hydrogen-bond acceptors (Lipinski definition) is 5. The molecule has 2 unspecified atom stereocenters. The molecule has 259 valence electrons. The number of benzene rings is 3. The largest absolute Gasteiger partial charge is 0.512 e. The van der Waals surface area contributed by atoms with E-state index in [9.17, 15) is 9.90 Å². The molecule has 2 aliphatic rings. The van der Waals surface area contributed by atoms with Gasteiger partial charge in [-0.3, -0.25) is 4.79 Å². The van der Waals surface area contributed by atoms with E-state index in [2.05, 4.69) is 56.3 Å². The Kier molecular flexibility index (Phi) is 10.4. The molecule has 1 aliphatic heterocycles. The Balaban J connectivity index is 0.000000226. The van der Waals surface area contributed by atoms with Crippen molar-refractivity contribution in [1.82, 2.24) is 4.98 Å². The van der Waals surface area contributed by atoms with Crippen molar-refractivity contribution in [2.24, 2.45) is 10.8 Å². The summed E-state index contributed by atoms with van der Waals surface area (Å²) in [7, 11) is 0. The number of allylic oxidation sites excluding steroid dienone is 2. The van der Waals surface area contributed by atoms with Crippen LogP contribution in [0.5, 0.6) is 5.75 Å². The molecule has 6 heteroatoms. The van der Waals surface area contributed by atoms with Gasteiger partial charge >= 0.3 is 0 Å². The number of ether oxygens (including phenoxy) is 1. The Morgan fingerprint density at radius 1 is 0.898 bits per heavy atom. The SMILES string of the molecule is CC1(C)c2cc(-c3cc4oc5ccccc5c4cn3)[c-]cc2C2Oc3ccccc3C21.CCC(C)(CC)C(=O)/C=C(\O)C(C)(CC)CC.[Ir]. The number of carbonyl (C=O) groups is 1. The van der Waals surface area contributed by atoms with Crippen LogP contribution >= 0.6 is 0 Å². The van der Waals surface area contributed by atoms with E-state index in [0.717, 1.165) is 64.6 Å². The quantitative estimate of drug-likeness (QED) is 0.0958. The number of fused-ring (bicyclic) bond motifs is 8. The summed E-state index contributed by atoms with van der Waals surface area (Å²) in [6.07, 6.45) is 6.72. The molecule has 0 amide bonds. The number of rotatable bonds is 8. The van der Waals surface area contributed by atoms with Crippen molar-refractivity contribution in [3.05, 3.63) is 108 Å². The maximum Gasteiger partial charge on any atom is 0.164 e. The fourth-order valence-corrected chi connectivity index (χ4v) is 7.29. The Morgan fingerprint density at radius 3 is 2.24 bits per heavy atom. The third-order valence-corrected chi connectivity index (χ3v) is 11.7. The number of para-hydroxylation sites is 2. The average Bonchev–Trinajstić information content (AvgIpc) is 3.75. The molecule has 1 N–H and O–H groups in total. The van der Waals surface area contributed by atoms with E-state index in [1.54, 1.807) is 0 Å². The maximum atomic E-state index is 12.2. The molecule has 3 aromatic carbocycles. The van der Waals surface area contributed by atoms with Crippen LogP contribution < -0.4 is 4.74 Å². The molecule has 0 spiro atoms. The number of aromatic nitrogens is 1. The first kappa shape index (κ1) is 36.5. The predicted octanol–water partition coefficient (Wildman–Crippen LogP) is 11.6. The van der Waals surface area contributed by atoms with Gasteiger partial charge in [-0.05, 0) is 55.0 Å². The molecule has 0 fully saturated rings. The molecule has 0 saturated carbocycles. The predicted molar refractivity (Wildman–Crippen MR) is 194 cm³/mol. The molecule has 1 aliphatic carbocycles. The van der Waals surface area contributed by atoms with Gasteiger partial charge in [0, 0.05) is 65.5 Å². The van der Waals surface area contributed by atoms with Crippen molar-refractivity contribution in [3.63, 3.8) is 0 Å². The van der Waals surface area contributed by atoms with Gasteiger partial charge < -0.3 is 19.2 Å². The molecule has 2 aromatic heterocycles. The van der Waals surface area contributed by atoms with Gasteiger partial charge in [0.1, 0.15) is 22.7 Å². The molecule has 3 heterocycles. The van der Waals surface area contributed by atoms with Crippen molar-refractivity contribution in [2.75, 3.05) is 0 Å². The molecule has 0 bridgehead atoms. The first-order valence-corrected chi connectivity index (χ1v) is 17.5. The first-order valence-electron chi connectivity index (χ1n) is 17.5. The fraction of sp³-hybridized carbons (Fsp3) is 0.395. The third kappa shape index (κ3) is 6.28. The second-order valence-electron chi connectivity index (χ2n) is 14.6. The van der Waals surface area contributed by atoms with E-state index in [-0.39, 0.29) is 54.0 Å². The standard InChI is InChI=1S/C28H20NO2.C15H28O2.Ir/c1-28(2)21-13-16(11-12-18(21)27-26(28)19-8-4-6-10-24(19)31-27)22-14-25-20(15-29-22)17-7-3-5-9-23(17)30-25;1-7-14(5,8-2)12(16)11-13(17)15(6,9-3)10-4;/h3-10,12-15,26-27H,1-2H3;11,16H,7-10H2,1-6H3;/q-1;;/b;12-11-;. The van der Waals surface area contributed by atoms with Crippen LogP contribution in [0.25, 0.3) is 33.2 Å². The summed E-state index contributed by atoms with van der Waals surface area (Å²) < 4.78 is 12.5. The summed E-state index contributed by atoms with van der Waals surface area (Å²) in [5.41, 5.74) is 6.82. The Labute approximate surface area is 304 Å². The van der Waals surface area contributed by atoms with Crippen molar-refractivity contribution < 1.29 is 39.2 Å². The minimum Gasteiger partial charge on any atom is -0.512 e. The molecular formula is C43H48IrNO4-. The molecule has 1 radical (unpaired) electrons. The first-order chi connectivity index (χ1) is 22.9. The molecule has 5 aromatic rings. The number of carbonyl (C=O) groups excluding carboxylic acids is 1. The summed E-state index contributed by atoms with van der Waals surface area (Å²) >= 11 is 0. The number of ketones is 1. The molecule has 49 heavy (non-hydrogen) atoms. The van der Waals surface area contributed by atoms with Gasteiger partial charge in [-0.1, -0.05) is 97.4 Å². The molecule has 5 nitrogen and oxygen atoms in total. The number of aliphatic hydroxyl groups excluding tert-OH is 1. The van der Waals surface area contributed by atoms with Crippen LogP contribution in [0.4, 0.5) is 0 Å². The Hall–Kier alpha value is -3.73. The average molecular weight is 835 g/mol. The van der Waals surface area contributed by atoms with Gasteiger partial charge in [0.25, 0.3) is 0 Å². The van der Waals surface area contributed by atoms with Crippen molar-refractivity contribution in [2.45, 2.75) is 98.5 Å². The Morgan fingerprint density at radius 2 is 1.55 bits per heavy atom. The smallest absolute Gasteiger partial charge is 0.164 e. The minimum absolute atomic E-state index is 0. The van der Waals surface area contributed by atoms with Crippen LogP contribution in [0.1, 0.15) is 110 Å². The van der Waals surface area contributed by atoms with E-state index >= 15 is 0 Å². The van der Waals surface area contributed by atoms with Crippen LogP contribution in [-0.2, 0) is 30.3 Å². The summed E-state index contributed by atoms with van der Waals surface area (Å²) in [6.45, 7) is 16.7. The number of pyridine rings is 1. The second kappa shape index (κ2) is 13.9. The molecule has 0 saturated heterocycles. The minimum atomic E-state index is -0.337. The van der Waals surface area contributed by atoms with Gasteiger partial charge in [0.05, 0.1) is 6.10 Å². The zero-order valence-corrected chi connectivity index (χ0v) is 32.3. The maximum absolute atomic E-state index is 12.2. The zero-order chi connectivity index (χ0) is 34.4. The van der Waals surface area contributed by atoms with E-state index in [1.165, 1.54) is 22.8 Å². The molecule has 2 atom stereocenters. The van der Waals surface area contributed by atoms with Crippen molar-refractivity contribution in [1.29, 1.82) is 0 Å². The van der Waals surface area contributed by atoms with E-state index < -0.39 is 0 Å². The summed E-state index contributed by atoms with van der Waals surface area (Å²) in [6, 6.07) is 26.4. The number of furan rings is 1. The van der Waals surface area contributed by atoms with Crippen LogP contribution in [0.15, 0.2) is 89.2 Å². The molecular weight excluding hydrogens is 787 g/mol. The van der Waals surface area contributed by atoms with Crippen LogP contribution in [0.2, 0.25) is 0 Å². The van der Waals surface area contributed by atoms with Crippen LogP contribution in [0, 0.1) is 16.9 Å².